The van der Waals surface area contributed by atoms with Crippen molar-refractivity contribution in [2.75, 3.05) is 31.6 Å². The number of hydrogen-bond acceptors (Lipinski definition) is 4. The van der Waals surface area contributed by atoms with Gasteiger partial charge in [0.2, 0.25) is 5.91 Å². The molecule has 2 aromatic rings. The highest BCUT2D eigenvalue weighted by Crippen LogP contribution is 2.35. The third-order valence-electron chi connectivity index (χ3n) is 6.09. The maximum absolute atomic E-state index is 13.4. The number of benzene rings is 2. The van der Waals surface area contributed by atoms with Gasteiger partial charge in [0.25, 0.3) is 0 Å². The topological polar surface area (TPSA) is 71.1 Å². The summed E-state index contributed by atoms with van der Waals surface area (Å²) in [4.78, 5) is 29.9. The smallest absolute Gasteiger partial charge is 0.324 e. The Morgan fingerprint density at radius 1 is 1.16 bits per heavy atom. The molecule has 0 aromatic heterocycles. The third kappa shape index (κ3) is 4.82. The molecule has 2 heterocycles. The zero-order chi connectivity index (χ0) is 22.7. The number of anilines is 1. The molecule has 1 N–H and O–H groups in total. The van der Waals surface area contributed by atoms with E-state index in [1.807, 2.05) is 61.2 Å². The van der Waals surface area contributed by atoms with Gasteiger partial charge in [-0.1, -0.05) is 18.2 Å². The molecule has 0 spiro atoms. The largest absolute Gasteiger partial charge is 0.497 e. The highest BCUT2D eigenvalue weighted by Gasteiger charge is 2.34. The molecule has 0 saturated carbocycles. The van der Waals surface area contributed by atoms with E-state index in [1.165, 1.54) is 0 Å². The van der Waals surface area contributed by atoms with E-state index in [4.69, 9.17) is 9.47 Å². The van der Waals surface area contributed by atoms with Crippen LogP contribution in [0, 0.1) is 12.8 Å². The molecule has 0 aliphatic carbocycles. The quantitative estimate of drug-likeness (QED) is 0.791. The fourth-order valence-corrected chi connectivity index (χ4v) is 4.34. The summed E-state index contributed by atoms with van der Waals surface area (Å²) in [6, 6.07) is 13.5. The third-order valence-corrected chi connectivity index (χ3v) is 6.09. The number of likely N-dealkylation sites (tertiary alicyclic amines) is 1. The van der Waals surface area contributed by atoms with Gasteiger partial charge in [-0.3, -0.25) is 9.69 Å². The number of aryl methyl sites for hydroxylation is 1. The van der Waals surface area contributed by atoms with Gasteiger partial charge >= 0.3 is 6.03 Å². The number of hydrogen-bond donors (Lipinski definition) is 1. The first-order chi connectivity index (χ1) is 15.4. The number of rotatable bonds is 4. The lowest BCUT2D eigenvalue weighted by molar-refractivity contribution is -0.126. The second-order valence-electron chi connectivity index (χ2n) is 8.64. The van der Waals surface area contributed by atoms with Gasteiger partial charge in [0.05, 0.1) is 25.3 Å². The zero-order valence-electron chi connectivity index (χ0n) is 19.0. The lowest BCUT2D eigenvalue weighted by Crippen LogP contribution is -2.53. The zero-order valence-corrected chi connectivity index (χ0v) is 19.0. The average Bonchev–Trinajstić information content (AvgIpc) is 2.82. The molecule has 3 amide bonds. The van der Waals surface area contributed by atoms with Crippen LogP contribution in [0.5, 0.6) is 11.5 Å². The second kappa shape index (κ2) is 9.51. The monoisotopic (exact) mass is 437 g/mol. The second-order valence-corrected chi connectivity index (χ2v) is 8.64. The minimum absolute atomic E-state index is 0.00934. The van der Waals surface area contributed by atoms with Crippen LogP contribution in [0.4, 0.5) is 10.5 Å². The molecule has 7 heteroatoms. The van der Waals surface area contributed by atoms with E-state index in [1.54, 1.807) is 12.0 Å². The van der Waals surface area contributed by atoms with E-state index >= 15 is 0 Å². The highest BCUT2D eigenvalue weighted by atomic mass is 16.5. The van der Waals surface area contributed by atoms with E-state index in [-0.39, 0.29) is 24.0 Å². The Bertz CT molecular complexity index is 976. The SMILES string of the molecule is COc1ccc(CNC(=O)[C@@H]2CCCN(C(=O)N3C[C@@H](C)Oc4ccc(C)cc43)C2)cc1. The van der Waals surface area contributed by atoms with Crippen molar-refractivity contribution in [1.29, 1.82) is 0 Å². The van der Waals surface area contributed by atoms with Gasteiger partial charge in [-0.05, 0) is 62.1 Å². The number of carbonyl (C=O) groups excluding carboxylic acids is 2. The van der Waals surface area contributed by atoms with Gasteiger partial charge in [-0.15, -0.1) is 0 Å². The molecule has 0 unspecified atom stereocenters. The number of piperidine rings is 1. The first-order valence-corrected chi connectivity index (χ1v) is 11.2. The Hall–Kier alpha value is -3.22. The predicted octanol–water partition coefficient (Wildman–Crippen LogP) is 3.74. The van der Waals surface area contributed by atoms with Crippen molar-refractivity contribution >= 4 is 17.6 Å². The molecular weight excluding hydrogens is 406 g/mol. The van der Waals surface area contributed by atoms with Crippen LogP contribution >= 0.6 is 0 Å². The Labute approximate surface area is 189 Å². The molecule has 4 rings (SSSR count). The van der Waals surface area contributed by atoms with Crippen molar-refractivity contribution in [3.05, 3.63) is 53.6 Å². The molecule has 2 atom stereocenters. The van der Waals surface area contributed by atoms with Crippen molar-refractivity contribution in [1.82, 2.24) is 10.2 Å². The Morgan fingerprint density at radius 3 is 2.69 bits per heavy atom. The van der Waals surface area contributed by atoms with Crippen molar-refractivity contribution in [2.45, 2.75) is 39.3 Å². The average molecular weight is 438 g/mol. The summed E-state index contributed by atoms with van der Waals surface area (Å²) in [6.45, 7) is 6.02. The van der Waals surface area contributed by atoms with Crippen LogP contribution in [-0.4, -0.2) is 49.7 Å². The standard InChI is InChI=1S/C25H31N3O4/c1-17-6-11-23-22(13-17)28(15-18(2)32-23)25(30)27-12-4-5-20(16-27)24(29)26-14-19-7-9-21(31-3)10-8-19/h6-11,13,18,20H,4-5,12,14-16H2,1-3H3,(H,26,29)/t18-,20-/m1/s1. The molecule has 32 heavy (non-hydrogen) atoms. The van der Waals surface area contributed by atoms with Gasteiger partial charge in [0.15, 0.2) is 0 Å². The van der Waals surface area contributed by atoms with Crippen molar-refractivity contribution in [3.8, 4) is 11.5 Å². The predicted molar refractivity (Wildman–Crippen MR) is 123 cm³/mol. The number of carbonyl (C=O) groups is 2. The Morgan fingerprint density at radius 2 is 1.94 bits per heavy atom. The number of amides is 3. The maximum Gasteiger partial charge on any atom is 0.324 e. The summed E-state index contributed by atoms with van der Waals surface area (Å²) in [5, 5.41) is 3.02. The van der Waals surface area contributed by atoms with E-state index in [2.05, 4.69) is 5.32 Å². The van der Waals surface area contributed by atoms with Gasteiger partial charge in [0.1, 0.15) is 17.6 Å². The van der Waals surface area contributed by atoms with Gasteiger partial charge in [-0.2, -0.15) is 0 Å². The summed E-state index contributed by atoms with van der Waals surface area (Å²) in [7, 11) is 1.63. The van der Waals surface area contributed by atoms with Crippen molar-refractivity contribution in [2.24, 2.45) is 5.92 Å². The van der Waals surface area contributed by atoms with Crippen molar-refractivity contribution in [3.63, 3.8) is 0 Å². The molecule has 170 valence electrons. The van der Waals surface area contributed by atoms with Crippen LogP contribution in [-0.2, 0) is 11.3 Å². The minimum Gasteiger partial charge on any atom is -0.497 e. The lowest BCUT2D eigenvalue weighted by atomic mass is 9.97. The summed E-state index contributed by atoms with van der Waals surface area (Å²) < 4.78 is 11.1. The normalized spacial score (nSPS) is 20.2. The van der Waals surface area contributed by atoms with Crippen LogP contribution in [0.15, 0.2) is 42.5 Å². The Kier molecular flexibility index (Phi) is 6.53. The van der Waals surface area contributed by atoms with E-state index in [0.717, 1.165) is 41.2 Å². The fourth-order valence-electron chi connectivity index (χ4n) is 4.34. The van der Waals surface area contributed by atoms with E-state index in [0.29, 0.717) is 26.2 Å². The molecule has 1 fully saturated rings. The summed E-state index contributed by atoms with van der Waals surface area (Å²) in [5.41, 5.74) is 2.89. The van der Waals surface area contributed by atoms with E-state index < -0.39 is 0 Å². The van der Waals surface area contributed by atoms with Gasteiger partial charge in [0, 0.05) is 19.6 Å². The van der Waals surface area contributed by atoms with Crippen LogP contribution in [0.1, 0.15) is 30.9 Å². The first-order valence-electron chi connectivity index (χ1n) is 11.2. The lowest BCUT2D eigenvalue weighted by Gasteiger charge is -2.39. The molecule has 0 radical (unpaired) electrons. The van der Waals surface area contributed by atoms with E-state index in [9.17, 15) is 9.59 Å². The Balaban J connectivity index is 1.39. The fraction of sp³-hybridized carbons (Fsp3) is 0.440. The van der Waals surface area contributed by atoms with Crippen molar-refractivity contribution < 1.29 is 19.1 Å². The first kappa shape index (κ1) is 22.0. The number of nitrogens with zero attached hydrogens (tertiary/aromatic N) is 2. The molecule has 2 aliphatic heterocycles. The van der Waals surface area contributed by atoms with Gasteiger partial charge in [-0.25, -0.2) is 4.79 Å². The van der Waals surface area contributed by atoms with Crippen LogP contribution in [0.3, 0.4) is 0 Å². The molecule has 0 bridgehead atoms. The van der Waals surface area contributed by atoms with Crippen LogP contribution < -0.4 is 19.7 Å². The highest BCUT2D eigenvalue weighted by molar-refractivity contribution is 5.95. The molecular formula is C25H31N3O4. The molecule has 7 nitrogen and oxygen atoms in total. The number of nitrogens with one attached hydrogen (secondary N) is 1. The minimum atomic E-state index is -0.207. The summed E-state index contributed by atoms with van der Waals surface area (Å²) in [6.07, 6.45) is 1.52. The van der Waals surface area contributed by atoms with Crippen LogP contribution in [0.2, 0.25) is 0 Å². The molecule has 2 aliphatic rings. The number of methoxy groups -OCH3 is 1. The number of ether oxygens (including phenoxy) is 2. The van der Waals surface area contributed by atoms with Gasteiger partial charge < -0.3 is 19.7 Å². The van der Waals surface area contributed by atoms with Crippen LogP contribution in [0.25, 0.3) is 0 Å². The summed E-state index contributed by atoms with van der Waals surface area (Å²) >= 11 is 0. The molecule has 2 aromatic carbocycles. The number of fused-ring (bicyclic) bond motifs is 1. The molecule has 1 saturated heterocycles. The summed E-state index contributed by atoms with van der Waals surface area (Å²) in [5.74, 6) is 1.30. The maximum atomic E-state index is 13.4. The number of urea groups is 1.